The average Bonchev–Trinajstić information content (AvgIpc) is 2.51. The summed E-state index contributed by atoms with van der Waals surface area (Å²) in [6.45, 7) is 1.70. The Morgan fingerprint density at radius 3 is 2.25 bits per heavy atom. The van der Waals surface area contributed by atoms with Crippen LogP contribution in [0, 0.1) is 11.8 Å². The number of carbonyl (C=O) groups excluding carboxylic acids is 1. The van der Waals surface area contributed by atoms with Gasteiger partial charge in [-0.15, -0.1) is 0 Å². The molecule has 0 fully saturated rings. The van der Waals surface area contributed by atoms with E-state index in [9.17, 15) is 27.9 Å². The monoisotopic (exact) mass is 346 g/mol. The molecule has 2 atom stereocenters. The van der Waals surface area contributed by atoms with Crippen LogP contribution in [0.3, 0.4) is 0 Å². The van der Waals surface area contributed by atoms with Crippen molar-refractivity contribution in [3.05, 3.63) is 35.9 Å². The van der Waals surface area contributed by atoms with Crippen LogP contribution in [0.1, 0.15) is 38.2 Å². The number of aliphatic carboxylic acids is 1. The highest BCUT2D eigenvalue weighted by molar-refractivity contribution is 5.81. The molecule has 7 heteroatoms. The molecule has 0 aliphatic carbocycles. The van der Waals surface area contributed by atoms with Crippen LogP contribution >= 0.6 is 0 Å². The van der Waals surface area contributed by atoms with Crippen molar-refractivity contribution < 1.29 is 32.6 Å². The van der Waals surface area contributed by atoms with E-state index < -0.39 is 42.8 Å². The molecule has 0 heterocycles. The Balaban J connectivity index is 2.76. The molecule has 1 rings (SSSR count). The van der Waals surface area contributed by atoms with Gasteiger partial charge in [-0.05, 0) is 18.4 Å². The molecular formula is C17H21F3O4. The lowest BCUT2D eigenvalue weighted by atomic mass is 9.85. The van der Waals surface area contributed by atoms with Gasteiger partial charge < -0.3 is 9.84 Å². The van der Waals surface area contributed by atoms with Crippen LogP contribution in [0.2, 0.25) is 0 Å². The van der Waals surface area contributed by atoms with Gasteiger partial charge in [0.1, 0.15) is 6.61 Å². The maximum atomic E-state index is 12.4. The van der Waals surface area contributed by atoms with Crippen molar-refractivity contribution in [2.75, 3.05) is 0 Å². The molecule has 0 unspecified atom stereocenters. The number of hydrogen-bond acceptors (Lipinski definition) is 3. The van der Waals surface area contributed by atoms with Crippen LogP contribution in [0.15, 0.2) is 30.3 Å². The van der Waals surface area contributed by atoms with Crippen molar-refractivity contribution in [2.24, 2.45) is 11.8 Å². The molecule has 0 spiro atoms. The molecule has 0 saturated heterocycles. The second-order valence-corrected chi connectivity index (χ2v) is 5.59. The zero-order valence-electron chi connectivity index (χ0n) is 13.4. The maximum absolute atomic E-state index is 12.4. The molecule has 0 saturated carbocycles. The van der Waals surface area contributed by atoms with Gasteiger partial charge in [0.2, 0.25) is 0 Å². The molecule has 0 bridgehead atoms. The van der Waals surface area contributed by atoms with Gasteiger partial charge in [0.25, 0.3) is 0 Å². The first-order valence-electron chi connectivity index (χ1n) is 7.74. The number of hydrogen-bond donors (Lipinski definition) is 1. The van der Waals surface area contributed by atoms with Gasteiger partial charge >= 0.3 is 18.1 Å². The van der Waals surface area contributed by atoms with E-state index in [0.717, 1.165) is 5.56 Å². The highest BCUT2D eigenvalue weighted by Gasteiger charge is 2.37. The Bertz CT molecular complexity index is 528. The smallest absolute Gasteiger partial charge is 0.389 e. The lowest BCUT2D eigenvalue weighted by Crippen LogP contribution is -2.32. The molecule has 0 aromatic heterocycles. The van der Waals surface area contributed by atoms with Crippen LogP contribution in [-0.2, 0) is 20.9 Å². The number of carboxylic acid groups (broad SMARTS) is 1. The normalized spacial score (nSPS) is 14.0. The number of halogens is 3. The maximum Gasteiger partial charge on any atom is 0.389 e. The van der Waals surface area contributed by atoms with E-state index in [1.807, 2.05) is 0 Å². The van der Waals surface area contributed by atoms with Gasteiger partial charge in [0.05, 0.1) is 11.8 Å². The highest BCUT2D eigenvalue weighted by atomic mass is 19.4. The third-order valence-corrected chi connectivity index (χ3v) is 3.67. The first-order chi connectivity index (χ1) is 11.2. The van der Waals surface area contributed by atoms with Crippen LogP contribution in [0.5, 0.6) is 0 Å². The number of esters is 1. The Morgan fingerprint density at radius 1 is 1.12 bits per heavy atom. The van der Waals surface area contributed by atoms with Crippen LogP contribution in [0.4, 0.5) is 13.2 Å². The highest BCUT2D eigenvalue weighted by Crippen LogP contribution is 2.30. The lowest BCUT2D eigenvalue weighted by Gasteiger charge is -2.22. The lowest BCUT2D eigenvalue weighted by molar-refractivity contribution is -0.163. The summed E-state index contributed by atoms with van der Waals surface area (Å²) < 4.78 is 42.3. The fourth-order valence-corrected chi connectivity index (χ4v) is 2.45. The minimum Gasteiger partial charge on any atom is -0.481 e. The zero-order valence-corrected chi connectivity index (χ0v) is 13.4. The summed E-state index contributed by atoms with van der Waals surface area (Å²) in [7, 11) is 0. The number of ether oxygens (including phenoxy) is 1. The summed E-state index contributed by atoms with van der Waals surface area (Å²) in [6, 6.07) is 8.79. The van der Waals surface area contributed by atoms with E-state index in [1.165, 1.54) is 0 Å². The summed E-state index contributed by atoms with van der Waals surface area (Å²) >= 11 is 0. The topological polar surface area (TPSA) is 63.6 Å². The Hall–Kier alpha value is -2.05. The van der Waals surface area contributed by atoms with Crippen molar-refractivity contribution in [3.8, 4) is 0 Å². The third-order valence-electron chi connectivity index (χ3n) is 3.67. The summed E-state index contributed by atoms with van der Waals surface area (Å²) in [5.74, 6) is -4.67. The second kappa shape index (κ2) is 9.30. The minimum absolute atomic E-state index is 0.0362. The SMILES string of the molecule is CCC[C@@H](C(=O)OCc1ccccc1)[C@H](CCC(F)(F)F)C(=O)O. The molecule has 134 valence electrons. The number of alkyl halides is 3. The molecule has 0 aliphatic rings. The molecule has 0 aliphatic heterocycles. The standard InChI is InChI=1S/C17H21F3O4/c1-2-6-14(13(15(21)22)9-10-17(18,19)20)16(23)24-11-12-7-4-3-5-8-12/h3-5,7-8,13-14H,2,6,9-11H2,1H3,(H,21,22)/t13-,14+/m0/s1. The molecule has 0 amide bonds. The predicted molar refractivity (Wildman–Crippen MR) is 81.1 cm³/mol. The third kappa shape index (κ3) is 7.02. The average molecular weight is 346 g/mol. The Kier molecular flexibility index (Phi) is 7.74. The van der Waals surface area contributed by atoms with Crippen LogP contribution < -0.4 is 0 Å². The molecule has 0 radical (unpaired) electrons. The second-order valence-electron chi connectivity index (χ2n) is 5.59. The number of carboxylic acids is 1. The van der Waals surface area contributed by atoms with E-state index in [0.29, 0.717) is 6.42 Å². The molecular weight excluding hydrogens is 325 g/mol. The van der Waals surface area contributed by atoms with Crippen molar-refractivity contribution in [2.45, 2.75) is 45.4 Å². The fraction of sp³-hybridized carbons (Fsp3) is 0.529. The first kappa shape index (κ1) is 20.0. The van der Waals surface area contributed by atoms with Crippen molar-refractivity contribution in [1.29, 1.82) is 0 Å². The van der Waals surface area contributed by atoms with E-state index in [4.69, 9.17) is 4.74 Å². The minimum atomic E-state index is -4.46. The number of rotatable bonds is 9. The van der Waals surface area contributed by atoms with E-state index in [2.05, 4.69) is 0 Å². The van der Waals surface area contributed by atoms with Crippen LogP contribution in [-0.4, -0.2) is 23.2 Å². The van der Waals surface area contributed by atoms with Crippen LogP contribution in [0.25, 0.3) is 0 Å². The summed E-state index contributed by atoms with van der Waals surface area (Å²) in [5, 5.41) is 9.23. The molecule has 1 aromatic carbocycles. The van der Waals surface area contributed by atoms with E-state index >= 15 is 0 Å². The van der Waals surface area contributed by atoms with E-state index in [1.54, 1.807) is 37.3 Å². The van der Waals surface area contributed by atoms with Gasteiger partial charge in [-0.2, -0.15) is 13.2 Å². The summed E-state index contributed by atoms with van der Waals surface area (Å²) in [5.41, 5.74) is 0.725. The summed E-state index contributed by atoms with van der Waals surface area (Å²) in [6.07, 6.45) is -5.69. The summed E-state index contributed by atoms with van der Waals surface area (Å²) in [4.78, 5) is 23.5. The quantitative estimate of drug-likeness (QED) is 0.681. The molecule has 4 nitrogen and oxygen atoms in total. The van der Waals surface area contributed by atoms with Crippen molar-refractivity contribution in [1.82, 2.24) is 0 Å². The first-order valence-corrected chi connectivity index (χ1v) is 7.74. The zero-order chi connectivity index (χ0) is 18.2. The van der Waals surface area contributed by atoms with Gasteiger partial charge in [-0.25, -0.2) is 0 Å². The largest absolute Gasteiger partial charge is 0.481 e. The fourth-order valence-electron chi connectivity index (χ4n) is 2.45. The number of carbonyl (C=O) groups is 2. The molecule has 24 heavy (non-hydrogen) atoms. The Labute approximate surface area is 138 Å². The van der Waals surface area contributed by atoms with Crippen molar-refractivity contribution >= 4 is 11.9 Å². The predicted octanol–water partition coefficient (Wildman–Crippen LogP) is 4.19. The van der Waals surface area contributed by atoms with Gasteiger partial charge in [-0.3, -0.25) is 9.59 Å². The molecule has 1 N–H and O–H groups in total. The number of benzene rings is 1. The Morgan fingerprint density at radius 2 is 1.75 bits per heavy atom. The van der Waals surface area contributed by atoms with Gasteiger partial charge in [0.15, 0.2) is 0 Å². The van der Waals surface area contributed by atoms with E-state index in [-0.39, 0.29) is 13.0 Å². The molecule has 1 aromatic rings. The van der Waals surface area contributed by atoms with Gasteiger partial charge in [-0.1, -0.05) is 43.7 Å². The van der Waals surface area contributed by atoms with Gasteiger partial charge in [0, 0.05) is 6.42 Å². The van der Waals surface area contributed by atoms with Crippen molar-refractivity contribution in [3.63, 3.8) is 0 Å².